The van der Waals surface area contributed by atoms with E-state index < -0.39 is 0 Å². The van der Waals surface area contributed by atoms with Gasteiger partial charge in [0.1, 0.15) is 0 Å². The summed E-state index contributed by atoms with van der Waals surface area (Å²) < 4.78 is 0. The van der Waals surface area contributed by atoms with E-state index >= 15 is 0 Å². The minimum atomic E-state index is 0.703. The average molecular weight is 287 g/mol. The fraction of sp³-hybridized carbons (Fsp3) is 0.438. The topological polar surface area (TPSA) is 28.2 Å². The molecule has 0 saturated heterocycles. The van der Waals surface area contributed by atoms with Crippen molar-refractivity contribution in [2.24, 2.45) is 0 Å². The Labute approximate surface area is 124 Å². The number of nitrogens with zero attached hydrogens (tertiary/aromatic N) is 2. The number of hydrogen-bond donors (Lipinski definition) is 1. The first-order valence-electron chi connectivity index (χ1n) is 7.17. The molecule has 4 heteroatoms. The SMILES string of the molecule is CNCc1cnc(C)cc1N(Cc1cccs1)C1CC1. The summed E-state index contributed by atoms with van der Waals surface area (Å²) in [6, 6.07) is 7.30. The van der Waals surface area contributed by atoms with Gasteiger partial charge in [0.05, 0.1) is 6.54 Å². The van der Waals surface area contributed by atoms with Gasteiger partial charge in [-0.25, -0.2) is 0 Å². The van der Waals surface area contributed by atoms with Crippen LogP contribution in [0.4, 0.5) is 5.69 Å². The molecule has 3 nitrogen and oxygen atoms in total. The van der Waals surface area contributed by atoms with E-state index in [0.717, 1.165) is 18.8 Å². The molecule has 0 spiro atoms. The number of aryl methyl sites for hydroxylation is 1. The van der Waals surface area contributed by atoms with Crippen molar-refractivity contribution in [3.8, 4) is 0 Å². The third kappa shape index (κ3) is 3.02. The van der Waals surface area contributed by atoms with Crippen LogP contribution in [0.1, 0.15) is 29.0 Å². The molecular formula is C16H21N3S. The van der Waals surface area contributed by atoms with E-state index in [1.807, 2.05) is 24.6 Å². The Balaban J connectivity index is 1.92. The van der Waals surface area contributed by atoms with Crippen LogP contribution in [-0.2, 0) is 13.1 Å². The van der Waals surface area contributed by atoms with Crippen molar-refractivity contribution in [3.63, 3.8) is 0 Å². The predicted octanol–water partition coefficient (Wildman–Crippen LogP) is 3.34. The van der Waals surface area contributed by atoms with Crippen LogP contribution in [-0.4, -0.2) is 18.1 Å². The summed E-state index contributed by atoms with van der Waals surface area (Å²) >= 11 is 1.84. The Morgan fingerprint density at radius 2 is 2.30 bits per heavy atom. The van der Waals surface area contributed by atoms with Crippen LogP contribution in [0.2, 0.25) is 0 Å². The quantitative estimate of drug-likeness (QED) is 0.883. The van der Waals surface area contributed by atoms with Crippen LogP contribution >= 0.6 is 11.3 Å². The van der Waals surface area contributed by atoms with Crippen molar-refractivity contribution < 1.29 is 0 Å². The second-order valence-corrected chi connectivity index (χ2v) is 6.46. The second-order valence-electron chi connectivity index (χ2n) is 5.42. The van der Waals surface area contributed by atoms with Crippen LogP contribution in [0.25, 0.3) is 0 Å². The van der Waals surface area contributed by atoms with E-state index in [1.54, 1.807) is 0 Å². The molecule has 1 fully saturated rings. The zero-order chi connectivity index (χ0) is 13.9. The minimum absolute atomic E-state index is 0.703. The van der Waals surface area contributed by atoms with Crippen LogP contribution < -0.4 is 10.2 Å². The molecule has 20 heavy (non-hydrogen) atoms. The van der Waals surface area contributed by atoms with Crippen LogP contribution in [0.5, 0.6) is 0 Å². The van der Waals surface area contributed by atoms with Crippen molar-refractivity contribution in [3.05, 3.63) is 45.9 Å². The van der Waals surface area contributed by atoms with Crippen LogP contribution in [0.15, 0.2) is 29.8 Å². The maximum absolute atomic E-state index is 4.45. The van der Waals surface area contributed by atoms with Gasteiger partial charge in [-0.2, -0.15) is 0 Å². The minimum Gasteiger partial charge on any atom is -0.363 e. The molecule has 3 rings (SSSR count). The Morgan fingerprint density at radius 3 is 2.95 bits per heavy atom. The van der Waals surface area contributed by atoms with E-state index in [0.29, 0.717) is 6.04 Å². The average Bonchev–Trinajstić information content (AvgIpc) is 3.15. The summed E-state index contributed by atoms with van der Waals surface area (Å²) in [5.74, 6) is 0. The normalized spacial score (nSPS) is 14.5. The third-order valence-electron chi connectivity index (χ3n) is 3.67. The summed E-state index contributed by atoms with van der Waals surface area (Å²) in [6.45, 7) is 3.96. The molecule has 1 aliphatic carbocycles. The molecular weight excluding hydrogens is 266 g/mol. The molecule has 1 aliphatic rings. The Bertz CT molecular complexity index is 561. The van der Waals surface area contributed by atoms with E-state index in [1.165, 1.54) is 29.0 Å². The number of thiophene rings is 1. The predicted molar refractivity (Wildman–Crippen MR) is 85.3 cm³/mol. The molecule has 2 aromatic rings. The molecule has 1 N–H and O–H groups in total. The summed E-state index contributed by atoms with van der Waals surface area (Å²) in [5, 5.41) is 5.41. The molecule has 0 atom stereocenters. The highest BCUT2D eigenvalue weighted by Crippen LogP contribution is 2.35. The summed E-state index contributed by atoms with van der Waals surface area (Å²) in [7, 11) is 1.99. The fourth-order valence-electron chi connectivity index (χ4n) is 2.54. The first-order valence-corrected chi connectivity index (χ1v) is 8.05. The Hall–Kier alpha value is -1.39. The van der Waals surface area contributed by atoms with Gasteiger partial charge < -0.3 is 10.2 Å². The summed E-state index contributed by atoms with van der Waals surface area (Å²) in [4.78, 5) is 8.45. The number of nitrogens with one attached hydrogen (secondary N) is 1. The number of hydrogen-bond acceptors (Lipinski definition) is 4. The smallest absolute Gasteiger partial charge is 0.0526 e. The number of rotatable bonds is 6. The molecule has 2 aromatic heterocycles. The lowest BCUT2D eigenvalue weighted by molar-refractivity contribution is 0.764. The molecule has 106 valence electrons. The van der Waals surface area contributed by atoms with Crippen molar-refractivity contribution in [2.45, 2.75) is 38.9 Å². The van der Waals surface area contributed by atoms with Crippen molar-refractivity contribution in [2.75, 3.05) is 11.9 Å². The number of pyridine rings is 1. The molecule has 0 bridgehead atoms. The first-order chi connectivity index (χ1) is 9.78. The maximum Gasteiger partial charge on any atom is 0.0526 e. The van der Waals surface area contributed by atoms with Gasteiger partial charge in [-0.05, 0) is 44.3 Å². The Kier molecular flexibility index (Phi) is 4.03. The maximum atomic E-state index is 4.45. The third-order valence-corrected chi connectivity index (χ3v) is 4.53. The highest BCUT2D eigenvalue weighted by Gasteiger charge is 2.30. The van der Waals surface area contributed by atoms with E-state index in [-0.39, 0.29) is 0 Å². The van der Waals surface area contributed by atoms with Gasteiger partial charge in [0.15, 0.2) is 0 Å². The monoisotopic (exact) mass is 287 g/mol. The van der Waals surface area contributed by atoms with Crippen LogP contribution in [0.3, 0.4) is 0 Å². The van der Waals surface area contributed by atoms with Gasteiger partial charge >= 0.3 is 0 Å². The molecule has 0 radical (unpaired) electrons. The van der Waals surface area contributed by atoms with Gasteiger partial charge in [0.25, 0.3) is 0 Å². The first kappa shape index (κ1) is 13.6. The lowest BCUT2D eigenvalue weighted by Gasteiger charge is -2.27. The van der Waals surface area contributed by atoms with E-state index in [2.05, 4.69) is 45.7 Å². The Morgan fingerprint density at radius 1 is 1.45 bits per heavy atom. The molecule has 2 heterocycles. The lowest BCUT2D eigenvalue weighted by Crippen LogP contribution is -2.26. The van der Waals surface area contributed by atoms with E-state index in [4.69, 9.17) is 0 Å². The highest BCUT2D eigenvalue weighted by atomic mass is 32.1. The van der Waals surface area contributed by atoms with Gasteiger partial charge in [-0.15, -0.1) is 11.3 Å². The zero-order valence-corrected chi connectivity index (χ0v) is 12.9. The fourth-order valence-corrected chi connectivity index (χ4v) is 3.24. The molecule has 0 aliphatic heterocycles. The molecule has 0 aromatic carbocycles. The van der Waals surface area contributed by atoms with Crippen molar-refractivity contribution >= 4 is 17.0 Å². The van der Waals surface area contributed by atoms with Gasteiger partial charge in [-0.3, -0.25) is 4.98 Å². The van der Waals surface area contributed by atoms with Gasteiger partial charge in [-0.1, -0.05) is 6.07 Å². The number of aromatic nitrogens is 1. The summed E-state index contributed by atoms with van der Waals surface area (Å²) in [5.41, 5.74) is 3.74. The van der Waals surface area contributed by atoms with Crippen LogP contribution in [0, 0.1) is 6.92 Å². The van der Waals surface area contributed by atoms with E-state index in [9.17, 15) is 0 Å². The zero-order valence-electron chi connectivity index (χ0n) is 12.1. The second kappa shape index (κ2) is 5.94. The molecule has 0 amide bonds. The van der Waals surface area contributed by atoms with Crippen molar-refractivity contribution in [1.29, 1.82) is 0 Å². The van der Waals surface area contributed by atoms with Crippen molar-refractivity contribution in [1.82, 2.24) is 10.3 Å². The largest absolute Gasteiger partial charge is 0.363 e. The standard InChI is InChI=1S/C16H21N3S/c1-12-8-16(13(9-17-2)10-18-12)19(14-5-6-14)11-15-4-3-7-20-15/h3-4,7-8,10,14,17H,5-6,9,11H2,1-2H3. The summed E-state index contributed by atoms with van der Waals surface area (Å²) in [6.07, 6.45) is 4.64. The molecule has 0 unspecified atom stereocenters. The van der Waals surface area contributed by atoms with Gasteiger partial charge in [0, 0.05) is 40.6 Å². The lowest BCUT2D eigenvalue weighted by atomic mass is 10.1. The highest BCUT2D eigenvalue weighted by molar-refractivity contribution is 7.09. The van der Waals surface area contributed by atoms with Gasteiger partial charge in [0.2, 0.25) is 0 Å². The number of anilines is 1. The molecule has 1 saturated carbocycles.